The lowest BCUT2D eigenvalue weighted by Crippen LogP contribution is -2.42. The van der Waals surface area contributed by atoms with Gasteiger partial charge in [0.2, 0.25) is 11.7 Å². The molecule has 0 spiro atoms. The van der Waals surface area contributed by atoms with E-state index in [1.54, 1.807) is 25.1 Å². The fraction of sp³-hybridized carbons (Fsp3) is 0.360. The monoisotopic (exact) mass is 482 g/mol. The van der Waals surface area contributed by atoms with Gasteiger partial charge in [0.1, 0.15) is 5.82 Å². The third kappa shape index (κ3) is 6.08. The molecule has 0 saturated heterocycles. The van der Waals surface area contributed by atoms with Gasteiger partial charge in [-0.15, -0.1) is 0 Å². The number of hydrogen-bond donors (Lipinski definition) is 2. The van der Waals surface area contributed by atoms with Gasteiger partial charge in [-0.05, 0) is 52.0 Å². The molecule has 186 valence electrons. The predicted octanol–water partition coefficient (Wildman–Crippen LogP) is 2.75. The number of aromatic nitrogens is 2. The Balaban J connectivity index is 1.68. The third-order valence-corrected chi connectivity index (χ3v) is 5.10. The highest BCUT2D eigenvalue weighted by Gasteiger charge is 2.19. The van der Waals surface area contributed by atoms with E-state index in [9.17, 15) is 14.4 Å². The van der Waals surface area contributed by atoms with E-state index in [2.05, 4.69) is 15.8 Å². The maximum absolute atomic E-state index is 12.7. The fourth-order valence-corrected chi connectivity index (χ4v) is 3.54. The predicted molar refractivity (Wildman–Crippen MR) is 131 cm³/mol. The molecule has 2 N–H and O–H groups in total. The lowest BCUT2D eigenvalue weighted by atomic mass is 10.1. The minimum atomic E-state index is -0.552. The van der Waals surface area contributed by atoms with Crippen LogP contribution in [0.4, 0.5) is 0 Å². The molecule has 2 amide bonds. The van der Waals surface area contributed by atoms with Crippen molar-refractivity contribution in [1.29, 1.82) is 0 Å². The molecule has 0 aliphatic rings. The van der Waals surface area contributed by atoms with Crippen LogP contribution in [0.15, 0.2) is 41.2 Å². The van der Waals surface area contributed by atoms with Gasteiger partial charge >= 0.3 is 0 Å². The summed E-state index contributed by atoms with van der Waals surface area (Å²) >= 11 is 0. The normalized spacial score (nSPS) is 10.6. The molecule has 10 heteroatoms. The van der Waals surface area contributed by atoms with Crippen LogP contribution < -0.4 is 30.6 Å². The lowest BCUT2D eigenvalue weighted by molar-refractivity contribution is -0.122. The number of aryl methyl sites for hydroxylation is 1. The number of para-hydroxylation sites is 1. The van der Waals surface area contributed by atoms with Crippen LogP contribution in [0.5, 0.6) is 17.2 Å². The van der Waals surface area contributed by atoms with Gasteiger partial charge in [0.25, 0.3) is 11.5 Å². The number of amides is 2. The second kappa shape index (κ2) is 11.9. The highest BCUT2D eigenvalue weighted by atomic mass is 16.5. The fourth-order valence-electron chi connectivity index (χ4n) is 3.54. The van der Waals surface area contributed by atoms with Gasteiger partial charge < -0.3 is 14.2 Å². The molecule has 0 fully saturated rings. The highest BCUT2D eigenvalue weighted by Crippen LogP contribution is 2.39. The molecule has 1 heterocycles. The SMILES string of the molecule is CCOc1cc(C(=O)NNC(=O)CCn2c(C)nc3ccccc3c2=O)cc(OCC)c1OCC. The van der Waals surface area contributed by atoms with Gasteiger partial charge in [0.05, 0.1) is 30.7 Å². The van der Waals surface area contributed by atoms with E-state index in [1.165, 1.54) is 16.7 Å². The summed E-state index contributed by atoms with van der Waals surface area (Å²) in [5.41, 5.74) is 5.39. The van der Waals surface area contributed by atoms with Crippen LogP contribution in [-0.2, 0) is 11.3 Å². The summed E-state index contributed by atoms with van der Waals surface area (Å²) in [5, 5.41) is 0.484. The molecular formula is C25H30N4O6. The van der Waals surface area contributed by atoms with Crippen molar-refractivity contribution in [2.75, 3.05) is 19.8 Å². The average molecular weight is 483 g/mol. The molecule has 3 rings (SSSR count). The maximum Gasteiger partial charge on any atom is 0.269 e. The topological polar surface area (TPSA) is 121 Å². The van der Waals surface area contributed by atoms with Crippen LogP contribution in [0.2, 0.25) is 0 Å². The van der Waals surface area contributed by atoms with E-state index < -0.39 is 11.8 Å². The molecule has 0 unspecified atom stereocenters. The number of carbonyl (C=O) groups is 2. The summed E-state index contributed by atoms with van der Waals surface area (Å²) in [4.78, 5) is 42.3. The van der Waals surface area contributed by atoms with Crippen molar-refractivity contribution in [3.8, 4) is 17.2 Å². The highest BCUT2D eigenvalue weighted by molar-refractivity contribution is 5.96. The number of ether oxygens (including phenoxy) is 3. The van der Waals surface area contributed by atoms with Crippen LogP contribution in [0.3, 0.4) is 0 Å². The van der Waals surface area contributed by atoms with E-state index in [-0.39, 0.29) is 24.1 Å². The Morgan fingerprint density at radius 3 is 2.20 bits per heavy atom. The molecule has 35 heavy (non-hydrogen) atoms. The first kappa shape index (κ1) is 25.5. The zero-order valence-corrected chi connectivity index (χ0v) is 20.3. The Bertz CT molecular complexity index is 1240. The summed E-state index contributed by atoms with van der Waals surface area (Å²) < 4.78 is 18.3. The third-order valence-electron chi connectivity index (χ3n) is 5.10. The summed E-state index contributed by atoms with van der Waals surface area (Å²) in [5.74, 6) is 0.655. The van der Waals surface area contributed by atoms with E-state index >= 15 is 0 Å². The van der Waals surface area contributed by atoms with Crippen LogP contribution in [-0.4, -0.2) is 41.2 Å². The minimum absolute atomic E-state index is 0.0291. The lowest BCUT2D eigenvalue weighted by Gasteiger charge is -2.17. The van der Waals surface area contributed by atoms with Crippen molar-refractivity contribution in [3.05, 3.63) is 58.1 Å². The molecule has 0 radical (unpaired) electrons. The molecule has 3 aromatic rings. The van der Waals surface area contributed by atoms with Crippen molar-refractivity contribution >= 4 is 22.7 Å². The van der Waals surface area contributed by atoms with Gasteiger partial charge in [-0.2, -0.15) is 0 Å². The zero-order chi connectivity index (χ0) is 25.4. The quantitative estimate of drug-likeness (QED) is 0.426. The Kier molecular flexibility index (Phi) is 8.66. The standard InChI is InChI=1S/C25H30N4O6/c1-5-33-20-14-17(15-21(34-6-2)23(20)35-7-3)24(31)28-27-22(30)12-13-29-16(4)26-19-11-9-8-10-18(19)25(29)32/h8-11,14-15H,5-7,12-13H2,1-4H3,(H,27,30)(H,28,31). The minimum Gasteiger partial charge on any atom is -0.490 e. The molecule has 0 atom stereocenters. The molecular weight excluding hydrogens is 452 g/mol. The van der Waals surface area contributed by atoms with Gasteiger partial charge in [-0.25, -0.2) is 4.98 Å². The largest absolute Gasteiger partial charge is 0.490 e. The number of carbonyl (C=O) groups excluding carboxylic acids is 2. The zero-order valence-electron chi connectivity index (χ0n) is 20.3. The number of hydrogen-bond acceptors (Lipinski definition) is 7. The Morgan fingerprint density at radius 2 is 1.57 bits per heavy atom. The smallest absolute Gasteiger partial charge is 0.269 e. The van der Waals surface area contributed by atoms with Crippen LogP contribution in [0, 0.1) is 6.92 Å². The molecule has 2 aromatic carbocycles. The molecule has 1 aromatic heterocycles. The van der Waals surface area contributed by atoms with Crippen LogP contribution in [0.25, 0.3) is 10.9 Å². The molecule has 0 aliphatic carbocycles. The van der Waals surface area contributed by atoms with Crippen molar-refractivity contribution in [2.24, 2.45) is 0 Å². The first-order valence-electron chi connectivity index (χ1n) is 11.5. The molecule has 0 saturated carbocycles. The number of benzene rings is 2. The summed E-state index contributed by atoms with van der Waals surface area (Å²) in [7, 11) is 0. The first-order chi connectivity index (χ1) is 16.9. The average Bonchev–Trinajstić information content (AvgIpc) is 2.84. The molecule has 10 nitrogen and oxygen atoms in total. The number of rotatable bonds is 10. The van der Waals surface area contributed by atoms with Gasteiger partial charge in [0, 0.05) is 18.5 Å². The second-order valence-electron chi connectivity index (χ2n) is 7.49. The van der Waals surface area contributed by atoms with Crippen LogP contribution >= 0.6 is 0 Å². The van der Waals surface area contributed by atoms with Gasteiger partial charge in [-0.3, -0.25) is 29.8 Å². The van der Waals surface area contributed by atoms with Crippen molar-refractivity contribution < 1.29 is 23.8 Å². The second-order valence-corrected chi connectivity index (χ2v) is 7.49. The Hall–Kier alpha value is -4.08. The number of nitrogens with zero attached hydrogens (tertiary/aromatic N) is 2. The van der Waals surface area contributed by atoms with Crippen molar-refractivity contribution in [2.45, 2.75) is 40.7 Å². The Labute approximate surface area is 203 Å². The summed E-state index contributed by atoms with van der Waals surface area (Å²) in [6.45, 7) is 8.46. The summed E-state index contributed by atoms with van der Waals surface area (Å²) in [6, 6.07) is 10.1. The number of fused-ring (bicyclic) bond motifs is 1. The number of nitrogens with one attached hydrogen (secondary N) is 2. The summed E-state index contributed by atoms with van der Waals surface area (Å²) in [6.07, 6.45) is -0.0291. The maximum atomic E-state index is 12.7. The van der Waals surface area contributed by atoms with E-state index in [0.717, 1.165) is 0 Å². The molecule has 0 bridgehead atoms. The first-order valence-corrected chi connectivity index (χ1v) is 11.5. The number of hydrazine groups is 1. The van der Waals surface area contributed by atoms with E-state index in [1.807, 2.05) is 26.8 Å². The molecule has 0 aliphatic heterocycles. The van der Waals surface area contributed by atoms with Crippen molar-refractivity contribution in [3.63, 3.8) is 0 Å². The van der Waals surface area contributed by atoms with Crippen molar-refractivity contribution in [1.82, 2.24) is 20.4 Å². The van der Waals surface area contributed by atoms with E-state index in [0.29, 0.717) is 53.8 Å². The van der Waals surface area contributed by atoms with Gasteiger partial charge in [0.15, 0.2) is 11.5 Å². The Morgan fingerprint density at radius 1 is 0.943 bits per heavy atom. The van der Waals surface area contributed by atoms with Crippen LogP contribution in [0.1, 0.15) is 43.4 Å². The van der Waals surface area contributed by atoms with Gasteiger partial charge in [-0.1, -0.05) is 12.1 Å². The van der Waals surface area contributed by atoms with E-state index in [4.69, 9.17) is 14.2 Å².